The Labute approximate surface area is 103 Å². The molecule has 1 aliphatic heterocycles. The molecule has 2 heterocycles. The van der Waals surface area contributed by atoms with E-state index in [0.29, 0.717) is 5.69 Å². The summed E-state index contributed by atoms with van der Waals surface area (Å²) in [5.41, 5.74) is 7.06. The summed E-state index contributed by atoms with van der Waals surface area (Å²) >= 11 is 0. The highest BCUT2D eigenvalue weighted by atomic mass is 15.1. The summed E-state index contributed by atoms with van der Waals surface area (Å²) in [6.07, 6.45) is 5.21. The van der Waals surface area contributed by atoms with Crippen LogP contribution in [-0.2, 0) is 0 Å². The Morgan fingerprint density at radius 2 is 2.41 bits per heavy atom. The Hall–Kier alpha value is -1.53. The first-order chi connectivity index (χ1) is 8.24. The molecular weight excluding hydrogens is 210 g/mol. The van der Waals surface area contributed by atoms with E-state index in [9.17, 15) is 0 Å². The van der Waals surface area contributed by atoms with Gasteiger partial charge in [-0.15, -0.1) is 0 Å². The second-order valence-corrected chi connectivity index (χ2v) is 4.75. The average molecular weight is 229 g/mol. The van der Waals surface area contributed by atoms with Crippen LogP contribution in [0.3, 0.4) is 0 Å². The Kier molecular flexibility index (Phi) is 4.00. The van der Waals surface area contributed by atoms with Crippen LogP contribution >= 0.6 is 0 Å². The molecule has 3 heteroatoms. The zero-order valence-electron chi connectivity index (χ0n) is 10.3. The molecule has 1 aromatic heterocycles. The molecule has 0 saturated carbocycles. The molecule has 90 valence electrons. The zero-order chi connectivity index (χ0) is 12.1. The van der Waals surface area contributed by atoms with E-state index >= 15 is 0 Å². The van der Waals surface area contributed by atoms with Crippen molar-refractivity contribution in [2.75, 3.05) is 25.9 Å². The molecule has 0 radical (unpaired) electrons. The first kappa shape index (κ1) is 11.9. The van der Waals surface area contributed by atoms with E-state index < -0.39 is 0 Å². The molecule has 1 fully saturated rings. The lowest BCUT2D eigenvalue weighted by molar-refractivity contribution is 0.213. The van der Waals surface area contributed by atoms with Crippen molar-refractivity contribution in [1.29, 1.82) is 0 Å². The number of hydrogen-bond acceptors (Lipinski definition) is 3. The number of likely N-dealkylation sites (tertiary alicyclic amines) is 1. The smallest absolute Gasteiger partial charge is 0.113 e. The van der Waals surface area contributed by atoms with Crippen molar-refractivity contribution >= 4 is 5.69 Å². The molecular formula is C14H19N3. The first-order valence-electron chi connectivity index (χ1n) is 6.13. The third kappa shape index (κ3) is 3.76. The van der Waals surface area contributed by atoms with Gasteiger partial charge in [0.25, 0.3) is 0 Å². The molecule has 1 aromatic rings. The van der Waals surface area contributed by atoms with Gasteiger partial charge >= 0.3 is 0 Å². The topological polar surface area (TPSA) is 42.1 Å². The van der Waals surface area contributed by atoms with E-state index in [1.807, 2.05) is 12.1 Å². The van der Waals surface area contributed by atoms with E-state index in [1.54, 1.807) is 6.20 Å². The van der Waals surface area contributed by atoms with Crippen molar-refractivity contribution in [3.8, 4) is 11.8 Å². The van der Waals surface area contributed by atoms with Gasteiger partial charge in [-0.2, -0.15) is 0 Å². The average Bonchev–Trinajstić information content (AvgIpc) is 2.32. The van der Waals surface area contributed by atoms with Gasteiger partial charge in [-0.05, 0) is 50.4 Å². The lowest BCUT2D eigenvalue weighted by Gasteiger charge is -2.28. The normalized spacial score (nSPS) is 20.6. The maximum Gasteiger partial charge on any atom is 0.113 e. The fraction of sp³-hybridized carbons (Fsp3) is 0.500. The SMILES string of the molecule is CN1CCCC(CC#Cc2ccc(N)cn2)C1. The molecule has 0 aromatic carbocycles. The van der Waals surface area contributed by atoms with Gasteiger partial charge in [-0.3, -0.25) is 0 Å². The molecule has 2 N–H and O–H groups in total. The van der Waals surface area contributed by atoms with Gasteiger partial charge in [0.15, 0.2) is 0 Å². The van der Waals surface area contributed by atoms with Crippen LogP contribution in [0.1, 0.15) is 25.0 Å². The highest BCUT2D eigenvalue weighted by Gasteiger charge is 2.15. The minimum atomic E-state index is 0.685. The van der Waals surface area contributed by atoms with Crippen LogP contribution in [0.2, 0.25) is 0 Å². The standard InChI is InChI=1S/C14H19N3/c1-17-9-3-5-12(11-17)4-2-6-14-8-7-13(15)10-16-14/h7-8,10,12H,3-5,9,11,15H2,1H3. The number of rotatable bonds is 1. The van der Waals surface area contributed by atoms with Crippen LogP contribution < -0.4 is 5.73 Å². The number of anilines is 1. The molecule has 0 aliphatic carbocycles. The number of pyridine rings is 1. The van der Waals surface area contributed by atoms with Crippen molar-refractivity contribution in [2.24, 2.45) is 5.92 Å². The maximum absolute atomic E-state index is 5.57. The predicted molar refractivity (Wildman–Crippen MR) is 70.4 cm³/mol. The Balaban J connectivity index is 1.87. The van der Waals surface area contributed by atoms with E-state index in [4.69, 9.17) is 5.73 Å². The number of hydrogen-bond donors (Lipinski definition) is 1. The summed E-state index contributed by atoms with van der Waals surface area (Å²) in [6, 6.07) is 3.71. The van der Waals surface area contributed by atoms with Gasteiger partial charge in [0.05, 0.1) is 11.9 Å². The number of nitrogen functional groups attached to an aromatic ring is 1. The van der Waals surface area contributed by atoms with Crippen LogP contribution in [0.4, 0.5) is 5.69 Å². The first-order valence-corrected chi connectivity index (χ1v) is 6.13. The minimum Gasteiger partial charge on any atom is -0.397 e. The number of nitrogens with zero attached hydrogens (tertiary/aromatic N) is 2. The number of piperidine rings is 1. The van der Waals surface area contributed by atoms with Gasteiger partial charge in [0, 0.05) is 13.0 Å². The van der Waals surface area contributed by atoms with Crippen LogP contribution in [0.15, 0.2) is 18.3 Å². The lowest BCUT2D eigenvalue weighted by atomic mass is 9.95. The molecule has 17 heavy (non-hydrogen) atoms. The largest absolute Gasteiger partial charge is 0.397 e. The third-order valence-corrected chi connectivity index (χ3v) is 3.12. The molecule has 0 amide bonds. The minimum absolute atomic E-state index is 0.685. The van der Waals surface area contributed by atoms with E-state index in [0.717, 1.165) is 18.0 Å². The molecule has 1 atom stereocenters. The van der Waals surface area contributed by atoms with Gasteiger partial charge < -0.3 is 10.6 Å². The molecule has 0 spiro atoms. The quantitative estimate of drug-likeness (QED) is 0.746. The Morgan fingerprint density at radius 3 is 3.12 bits per heavy atom. The second kappa shape index (κ2) is 5.70. The van der Waals surface area contributed by atoms with Crippen molar-refractivity contribution in [3.05, 3.63) is 24.0 Å². The van der Waals surface area contributed by atoms with Crippen molar-refractivity contribution in [2.45, 2.75) is 19.3 Å². The second-order valence-electron chi connectivity index (χ2n) is 4.75. The molecule has 3 nitrogen and oxygen atoms in total. The summed E-state index contributed by atoms with van der Waals surface area (Å²) in [6.45, 7) is 2.40. The van der Waals surface area contributed by atoms with E-state index in [1.165, 1.54) is 25.9 Å². The van der Waals surface area contributed by atoms with E-state index in [-0.39, 0.29) is 0 Å². The van der Waals surface area contributed by atoms with Crippen LogP contribution in [-0.4, -0.2) is 30.0 Å². The third-order valence-electron chi connectivity index (χ3n) is 3.12. The zero-order valence-corrected chi connectivity index (χ0v) is 10.3. The lowest BCUT2D eigenvalue weighted by Crippen LogP contribution is -2.31. The van der Waals surface area contributed by atoms with E-state index in [2.05, 4.69) is 28.8 Å². The van der Waals surface area contributed by atoms with Gasteiger partial charge in [0.1, 0.15) is 5.69 Å². The predicted octanol–water partition coefficient (Wildman–Crippen LogP) is 1.75. The Bertz CT molecular complexity index is 413. The van der Waals surface area contributed by atoms with Crippen LogP contribution in [0, 0.1) is 17.8 Å². The highest BCUT2D eigenvalue weighted by molar-refractivity contribution is 5.38. The molecule has 1 unspecified atom stereocenters. The summed E-state index contributed by atoms with van der Waals surface area (Å²) in [7, 11) is 2.18. The van der Waals surface area contributed by atoms with Crippen molar-refractivity contribution in [3.63, 3.8) is 0 Å². The number of nitrogens with two attached hydrogens (primary N) is 1. The molecule has 1 aliphatic rings. The molecule has 1 saturated heterocycles. The summed E-state index contributed by atoms with van der Waals surface area (Å²) in [4.78, 5) is 6.55. The molecule has 2 rings (SSSR count). The van der Waals surface area contributed by atoms with Gasteiger partial charge in [-0.25, -0.2) is 4.98 Å². The summed E-state index contributed by atoms with van der Waals surface area (Å²) in [5.74, 6) is 7.05. The van der Waals surface area contributed by atoms with Crippen molar-refractivity contribution < 1.29 is 0 Å². The van der Waals surface area contributed by atoms with Gasteiger partial charge in [-0.1, -0.05) is 5.92 Å². The fourth-order valence-corrected chi connectivity index (χ4v) is 2.21. The van der Waals surface area contributed by atoms with Crippen LogP contribution in [0.25, 0.3) is 0 Å². The fourth-order valence-electron chi connectivity index (χ4n) is 2.21. The Morgan fingerprint density at radius 1 is 1.53 bits per heavy atom. The monoisotopic (exact) mass is 229 g/mol. The summed E-state index contributed by atoms with van der Waals surface area (Å²) < 4.78 is 0. The summed E-state index contributed by atoms with van der Waals surface area (Å²) in [5, 5.41) is 0. The van der Waals surface area contributed by atoms with Gasteiger partial charge in [0.2, 0.25) is 0 Å². The molecule has 0 bridgehead atoms. The maximum atomic E-state index is 5.57. The highest BCUT2D eigenvalue weighted by Crippen LogP contribution is 2.17. The number of aromatic nitrogens is 1. The van der Waals surface area contributed by atoms with Crippen LogP contribution in [0.5, 0.6) is 0 Å². The van der Waals surface area contributed by atoms with Crippen molar-refractivity contribution in [1.82, 2.24) is 9.88 Å².